The van der Waals surface area contributed by atoms with Crippen LogP contribution < -0.4 is 11.1 Å². The van der Waals surface area contributed by atoms with E-state index in [0.29, 0.717) is 17.2 Å². The highest BCUT2D eigenvalue weighted by Gasteiger charge is 2.07. The molecule has 3 aromatic rings. The largest absolute Gasteiger partial charge is 0.364 e. The predicted molar refractivity (Wildman–Crippen MR) is 101 cm³/mol. The molecule has 0 saturated carbocycles. The zero-order valence-electron chi connectivity index (χ0n) is 13.8. The van der Waals surface area contributed by atoms with Crippen molar-refractivity contribution in [2.24, 2.45) is 5.73 Å². The minimum Gasteiger partial charge on any atom is -0.364 e. The lowest BCUT2D eigenvalue weighted by molar-refractivity contribution is -0.113. The SMILES string of the molecule is NC(=O)c1ccn(-c2ccc(NC(=O)CSCc3ccccn3)cc2)n1. The molecule has 132 valence electrons. The van der Waals surface area contributed by atoms with Crippen LogP contribution in [0.15, 0.2) is 60.9 Å². The van der Waals surface area contributed by atoms with Gasteiger partial charge in [0.1, 0.15) is 5.69 Å². The first-order valence-corrected chi connectivity index (χ1v) is 9.01. The molecule has 1 aromatic carbocycles. The molecule has 0 atom stereocenters. The minimum atomic E-state index is -0.573. The first kappa shape index (κ1) is 17.7. The van der Waals surface area contributed by atoms with Gasteiger partial charge in [0.05, 0.1) is 17.1 Å². The van der Waals surface area contributed by atoms with E-state index in [1.165, 1.54) is 11.8 Å². The van der Waals surface area contributed by atoms with Crippen LogP contribution in [0.3, 0.4) is 0 Å². The summed E-state index contributed by atoms with van der Waals surface area (Å²) in [5.74, 6) is 0.387. The number of nitrogens with zero attached hydrogens (tertiary/aromatic N) is 3. The molecule has 0 radical (unpaired) electrons. The molecule has 0 spiro atoms. The molecule has 2 aromatic heterocycles. The number of aromatic nitrogens is 3. The zero-order valence-corrected chi connectivity index (χ0v) is 14.6. The second-order valence-electron chi connectivity index (χ2n) is 5.42. The number of amides is 2. The highest BCUT2D eigenvalue weighted by Crippen LogP contribution is 2.15. The highest BCUT2D eigenvalue weighted by molar-refractivity contribution is 7.99. The topological polar surface area (TPSA) is 103 Å². The van der Waals surface area contributed by atoms with Crippen molar-refractivity contribution in [3.63, 3.8) is 0 Å². The van der Waals surface area contributed by atoms with E-state index < -0.39 is 5.91 Å². The van der Waals surface area contributed by atoms with Crippen LogP contribution in [-0.2, 0) is 10.5 Å². The van der Waals surface area contributed by atoms with E-state index in [4.69, 9.17) is 5.73 Å². The van der Waals surface area contributed by atoms with Crippen LogP contribution in [0.25, 0.3) is 5.69 Å². The van der Waals surface area contributed by atoms with Crippen molar-refractivity contribution < 1.29 is 9.59 Å². The summed E-state index contributed by atoms with van der Waals surface area (Å²) in [5, 5.41) is 6.93. The lowest BCUT2D eigenvalue weighted by Gasteiger charge is -2.07. The number of thioether (sulfide) groups is 1. The summed E-state index contributed by atoms with van der Waals surface area (Å²) in [4.78, 5) is 27.3. The number of primary amides is 1. The summed E-state index contributed by atoms with van der Waals surface area (Å²) in [6.45, 7) is 0. The highest BCUT2D eigenvalue weighted by atomic mass is 32.2. The average Bonchev–Trinajstić information content (AvgIpc) is 3.14. The Morgan fingerprint density at radius 3 is 2.58 bits per heavy atom. The third-order valence-corrected chi connectivity index (χ3v) is 4.43. The molecule has 0 unspecified atom stereocenters. The van der Waals surface area contributed by atoms with Crippen molar-refractivity contribution in [1.29, 1.82) is 0 Å². The van der Waals surface area contributed by atoms with Gasteiger partial charge >= 0.3 is 0 Å². The molecule has 3 N–H and O–H groups in total. The van der Waals surface area contributed by atoms with Gasteiger partial charge in [-0.1, -0.05) is 6.07 Å². The fraction of sp³-hybridized carbons (Fsp3) is 0.111. The van der Waals surface area contributed by atoms with Gasteiger partial charge in [0.25, 0.3) is 5.91 Å². The van der Waals surface area contributed by atoms with E-state index in [-0.39, 0.29) is 11.6 Å². The predicted octanol–water partition coefficient (Wildman–Crippen LogP) is 2.24. The van der Waals surface area contributed by atoms with Crippen LogP contribution >= 0.6 is 11.8 Å². The Bertz CT molecular complexity index is 893. The van der Waals surface area contributed by atoms with Crippen molar-refractivity contribution in [2.75, 3.05) is 11.1 Å². The maximum atomic E-state index is 12.0. The lowest BCUT2D eigenvalue weighted by Crippen LogP contribution is -2.14. The zero-order chi connectivity index (χ0) is 18.4. The van der Waals surface area contributed by atoms with Crippen LogP contribution in [0.4, 0.5) is 5.69 Å². The van der Waals surface area contributed by atoms with Crippen molar-refractivity contribution in [1.82, 2.24) is 14.8 Å². The van der Waals surface area contributed by atoms with Gasteiger partial charge in [0.2, 0.25) is 5.91 Å². The Balaban J connectivity index is 1.51. The molecule has 8 heteroatoms. The minimum absolute atomic E-state index is 0.0752. The molecule has 26 heavy (non-hydrogen) atoms. The van der Waals surface area contributed by atoms with Crippen LogP contribution in [-0.4, -0.2) is 32.3 Å². The number of nitrogens with two attached hydrogens (primary N) is 1. The molecule has 3 rings (SSSR count). The molecular formula is C18H17N5O2S. The standard InChI is InChI=1S/C18H17N5O2S/c19-18(25)16-8-10-23(22-16)15-6-4-13(5-7-15)21-17(24)12-26-11-14-3-1-2-9-20-14/h1-10H,11-12H2,(H2,19,25)(H,21,24). The summed E-state index contributed by atoms with van der Waals surface area (Å²) >= 11 is 1.51. The van der Waals surface area contributed by atoms with Crippen molar-refractivity contribution in [2.45, 2.75) is 5.75 Å². The molecule has 2 amide bonds. The number of carbonyl (C=O) groups is 2. The van der Waals surface area contributed by atoms with E-state index in [0.717, 1.165) is 11.4 Å². The average molecular weight is 367 g/mol. The van der Waals surface area contributed by atoms with Gasteiger partial charge in [-0.25, -0.2) is 4.68 Å². The smallest absolute Gasteiger partial charge is 0.269 e. The maximum absolute atomic E-state index is 12.0. The summed E-state index contributed by atoms with van der Waals surface area (Å²) in [5.41, 5.74) is 7.80. The second kappa shape index (κ2) is 8.30. The van der Waals surface area contributed by atoms with Gasteiger partial charge in [-0.15, -0.1) is 11.8 Å². The van der Waals surface area contributed by atoms with Crippen molar-refractivity contribution >= 4 is 29.3 Å². The van der Waals surface area contributed by atoms with E-state index in [1.807, 2.05) is 18.2 Å². The van der Waals surface area contributed by atoms with Crippen LogP contribution in [0, 0.1) is 0 Å². The fourth-order valence-corrected chi connectivity index (χ4v) is 2.97. The first-order chi connectivity index (χ1) is 12.6. The van der Waals surface area contributed by atoms with Gasteiger partial charge in [0, 0.05) is 23.8 Å². The van der Waals surface area contributed by atoms with E-state index in [1.54, 1.807) is 47.4 Å². The third kappa shape index (κ3) is 4.70. The molecule has 0 fully saturated rings. The van der Waals surface area contributed by atoms with E-state index in [2.05, 4.69) is 15.4 Å². The quantitative estimate of drug-likeness (QED) is 0.667. The summed E-state index contributed by atoms with van der Waals surface area (Å²) in [6.07, 6.45) is 3.39. The molecule has 0 aliphatic heterocycles. The Morgan fingerprint density at radius 1 is 1.12 bits per heavy atom. The number of hydrogen-bond acceptors (Lipinski definition) is 5. The molecule has 0 bridgehead atoms. The van der Waals surface area contributed by atoms with Crippen molar-refractivity contribution in [3.8, 4) is 5.69 Å². The molecule has 2 heterocycles. The summed E-state index contributed by atoms with van der Waals surface area (Å²) in [6, 6.07) is 14.4. The third-order valence-electron chi connectivity index (χ3n) is 3.47. The van der Waals surface area contributed by atoms with Gasteiger partial charge in [-0.3, -0.25) is 14.6 Å². The second-order valence-corrected chi connectivity index (χ2v) is 6.40. The maximum Gasteiger partial charge on any atom is 0.269 e. The van der Waals surface area contributed by atoms with Gasteiger partial charge in [-0.05, 0) is 42.5 Å². The van der Waals surface area contributed by atoms with Gasteiger partial charge < -0.3 is 11.1 Å². The van der Waals surface area contributed by atoms with E-state index >= 15 is 0 Å². The Hall–Kier alpha value is -3.13. The molecule has 0 saturated heterocycles. The normalized spacial score (nSPS) is 10.5. The number of pyridine rings is 1. The molecule has 7 nitrogen and oxygen atoms in total. The number of benzene rings is 1. The van der Waals surface area contributed by atoms with Crippen molar-refractivity contribution in [3.05, 3.63) is 72.3 Å². The lowest BCUT2D eigenvalue weighted by atomic mass is 10.3. The number of hydrogen-bond donors (Lipinski definition) is 2. The van der Waals surface area contributed by atoms with Gasteiger partial charge in [0.15, 0.2) is 0 Å². The summed E-state index contributed by atoms with van der Waals surface area (Å²) < 4.78 is 1.55. The van der Waals surface area contributed by atoms with E-state index in [9.17, 15) is 9.59 Å². The van der Waals surface area contributed by atoms with Crippen LogP contribution in [0.5, 0.6) is 0 Å². The Morgan fingerprint density at radius 2 is 1.92 bits per heavy atom. The number of anilines is 1. The number of rotatable bonds is 7. The number of nitrogens with one attached hydrogen (secondary N) is 1. The Kier molecular flexibility index (Phi) is 5.65. The monoisotopic (exact) mass is 367 g/mol. The van der Waals surface area contributed by atoms with Crippen LogP contribution in [0.1, 0.15) is 16.2 Å². The fourth-order valence-electron chi connectivity index (χ4n) is 2.23. The molecule has 0 aliphatic rings. The summed E-state index contributed by atoms with van der Waals surface area (Å²) in [7, 11) is 0. The Labute approximate surface area is 154 Å². The first-order valence-electron chi connectivity index (χ1n) is 7.85. The molecular weight excluding hydrogens is 350 g/mol. The van der Waals surface area contributed by atoms with Crippen LogP contribution in [0.2, 0.25) is 0 Å². The van der Waals surface area contributed by atoms with Gasteiger partial charge in [-0.2, -0.15) is 5.10 Å². The number of carbonyl (C=O) groups excluding carboxylic acids is 2. The molecule has 0 aliphatic carbocycles.